The number of carbonyl (C=O) groups is 1. The third kappa shape index (κ3) is 6.30. The lowest BCUT2D eigenvalue weighted by Gasteiger charge is -2.11. The normalized spacial score (nSPS) is 10.7. The average Bonchev–Trinajstić information content (AvgIpc) is 3.19. The van der Waals surface area contributed by atoms with Gasteiger partial charge in [0.05, 0.1) is 11.5 Å². The van der Waals surface area contributed by atoms with E-state index in [4.69, 9.17) is 0 Å². The molecule has 0 spiro atoms. The van der Waals surface area contributed by atoms with E-state index in [9.17, 15) is 14.9 Å². The highest BCUT2D eigenvalue weighted by Gasteiger charge is 2.16. The van der Waals surface area contributed by atoms with Crippen molar-refractivity contribution in [2.75, 3.05) is 6.54 Å². The Labute approximate surface area is 190 Å². The van der Waals surface area contributed by atoms with Crippen molar-refractivity contribution in [3.05, 3.63) is 75.6 Å². The van der Waals surface area contributed by atoms with Crippen molar-refractivity contribution >= 4 is 23.5 Å². The van der Waals surface area contributed by atoms with Crippen LogP contribution in [0.1, 0.15) is 36.7 Å². The molecule has 0 atom stereocenters. The maximum atomic E-state index is 12.0. The third-order valence-corrected chi connectivity index (χ3v) is 5.69. The Hall–Kier alpha value is -3.40. The topological polar surface area (TPSA) is 115 Å². The first-order chi connectivity index (χ1) is 15.5. The van der Waals surface area contributed by atoms with E-state index >= 15 is 0 Å². The smallest absolute Gasteiger partial charge is 0.315 e. The molecule has 0 aliphatic carbocycles. The number of benzene rings is 2. The number of aryl methyl sites for hydroxylation is 1. The fraction of sp³-hybridized carbons (Fsp3) is 0.318. The van der Waals surface area contributed by atoms with Gasteiger partial charge in [-0.2, -0.15) is 0 Å². The van der Waals surface area contributed by atoms with E-state index in [-0.39, 0.29) is 18.3 Å². The third-order valence-electron chi connectivity index (χ3n) is 4.69. The first-order valence-corrected chi connectivity index (χ1v) is 11.4. The fourth-order valence-corrected chi connectivity index (χ4v) is 3.96. The minimum absolute atomic E-state index is 0.00534. The predicted molar refractivity (Wildman–Crippen MR) is 124 cm³/mol. The van der Waals surface area contributed by atoms with Gasteiger partial charge in [-0.25, -0.2) is 4.79 Å². The maximum absolute atomic E-state index is 12.0. The van der Waals surface area contributed by atoms with Crippen molar-refractivity contribution < 1.29 is 9.72 Å². The molecule has 0 bridgehead atoms. The molecule has 168 valence electrons. The molecule has 0 aliphatic rings. The first kappa shape index (κ1) is 23.3. The summed E-state index contributed by atoms with van der Waals surface area (Å²) in [5, 5.41) is 25.8. The number of hydrogen-bond acceptors (Lipinski definition) is 6. The van der Waals surface area contributed by atoms with Crippen LogP contribution in [0.2, 0.25) is 0 Å². The predicted octanol–water partition coefficient (Wildman–Crippen LogP) is 4.38. The highest BCUT2D eigenvalue weighted by molar-refractivity contribution is 7.98. The molecule has 3 aromatic rings. The van der Waals surface area contributed by atoms with E-state index in [0.29, 0.717) is 29.0 Å². The van der Waals surface area contributed by atoms with Crippen LogP contribution < -0.4 is 10.6 Å². The van der Waals surface area contributed by atoms with Gasteiger partial charge in [-0.1, -0.05) is 54.9 Å². The number of rotatable bonds is 10. The lowest BCUT2D eigenvalue weighted by atomic mass is 10.2. The lowest BCUT2D eigenvalue weighted by molar-refractivity contribution is -0.384. The number of non-ortho nitro benzene ring substituents is 1. The molecule has 0 saturated carbocycles. The van der Waals surface area contributed by atoms with Crippen LogP contribution in [0.15, 0.2) is 53.7 Å². The van der Waals surface area contributed by atoms with Crippen LogP contribution in [0.5, 0.6) is 0 Å². The van der Waals surface area contributed by atoms with Gasteiger partial charge in [-0.05, 0) is 31.0 Å². The molecule has 2 amide bonds. The molecule has 3 rings (SSSR count). The number of thioether (sulfide) groups is 1. The summed E-state index contributed by atoms with van der Waals surface area (Å²) in [5.41, 5.74) is 3.03. The average molecular weight is 455 g/mol. The molecule has 0 radical (unpaired) electrons. The van der Waals surface area contributed by atoms with Crippen LogP contribution in [0.3, 0.4) is 0 Å². The molecule has 32 heavy (non-hydrogen) atoms. The number of aromatic nitrogens is 3. The second kappa shape index (κ2) is 11.3. The summed E-state index contributed by atoms with van der Waals surface area (Å²) in [7, 11) is 0. The zero-order valence-electron chi connectivity index (χ0n) is 18.1. The van der Waals surface area contributed by atoms with Crippen LogP contribution in [-0.2, 0) is 12.3 Å². The molecule has 10 heteroatoms. The number of unbranched alkanes of at least 4 members (excludes halogenated alkanes) is 1. The molecule has 9 nitrogen and oxygen atoms in total. The zero-order valence-corrected chi connectivity index (χ0v) is 18.9. The van der Waals surface area contributed by atoms with Crippen molar-refractivity contribution in [2.45, 2.75) is 44.1 Å². The first-order valence-electron chi connectivity index (χ1n) is 10.4. The molecule has 2 N–H and O–H groups in total. The van der Waals surface area contributed by atoms with E-state index in [1.807, 2.05) is 23.6 Å². The number of urea groups is 1. The van der Waals surface area contributed by atoms with Crippen molar-refractivity contribution in [3.8, 4) is 5.69 Å². The fourth-order valence-electron chi connectivity index (χ4n) is 3.04. The quantitative estimate of drug-likeness (QED) is 0.203. The summed E-state index contributed by atoms with van der Waals surface area (Å²) >= 11 is 1.51. The number of amides is 2. The Morgan fingerprint density at radius 3 is 2.62 bits per heavy atom. The van der Waals surface area contributed by atoms with E-state index in [0.717, 1.165) is 18.4 Å². The van der Waals surface area contributed by atoms with Gasteiger partial charge in [0.1, 0.15) is 0 Å². The van der Waals surface area contributed by atoms with E-state index < -0.39 is 4.92 Å². The van der Waals surface area contributed by atoms with Gasteiger partial charge in [-0.15, -0.1) is 10.2 Å². The Bertz CT molecular complexity index is 1070. The van der Waals surface area contributed by atoms with Crippen LogP contribution in [0.25, 0.3) is 5.69 Å². The maximum Gasteiger partial charge on any atom is 0.315 e. The lowest BCUT2D eigenvalue weighted by Crippen LogP contribution is -2.36. The molecule has 1 aromatic heterocycles. The van der Waals surface area contributed by atoms with Crippen molar-refractivity contribution in [1.29, 1.82) is 0 Å². The number of carbonyl (C=O) groups excluding carboxylic acids is 1. The van der Waals surface area contributed by atoms with Crippen molar-refractivity contribution in [2.24, 2.45) is 0 Å². The van der Waals surface area contributed by atoms with Gasteiger partial charge >= 0.3 is 6.03 Å². The molecule has 0 saturated heterocycles. The number of hydrogen-bond donors (Lipinski definition) is 2. The standard InChI is InChI=1S/C22H26N6O3S/c1-3-4-12-23-21(29)24-14-20-25-26-22(32-15-17-7-5-6-16(2)13-17)27(20)18-8-10-19(11-9-18)28(30)31/h5-11,13H,3-4,12,14-15H2,1-2H3,(H2,23,24,29). The van der Waals surface area contributed by atoms with E-state index in [1.54, 1.807) is 12.1 Å². The molecule has 0 unspecified atom stereocenters. The second-order valence-electron chi connectivity index (χ2n) is 7.25. The molecular formula is C22H26N6O3S. The van der Waals surface area contributed by atoms with Crippen LogP contribution >= 0.6 is 11.8 Å². The Morgan fingerprint density at radius 2 is 1.94 bits per heavy atom. The number of nitrogens with one attached hydrogen (secondary N) is 2. The van der Waals surface area contributed by atoms with Crippen LogP contribution in [0, 0.1) is 17.0 Å². The minimum atomic E-state index is -0.438. The number of nitro benzene ring substituents is 1. The summed E-state index contributed by atoms with van der Waals surface area (Å²) in [4.78, 5) is 22.6. The Morgan fingerprint density at radius 1 is 1.16 bits per heavy atom. The van der Waals surface area contributed by atoms with E-state index in [1.165, 1.54) is 29.5 Å². The van der Waals surface area contributed by atoms with Crippen LogP contribution in [0.4, 0.5) is 10.5 Å². The monoisotopic (exact) mass is 454 g/mol. The molecule has 0 aliphatic heterocycles. The molecule has 1 heterocycles. The molecule has 2 aromatic carbocycles. The second-order valence-corrected chi connectivity index (χ2v) is 8.19. The Balaban J connectivity index is 1.81. The number of nitrogens with zero attached hydrogens (tertiary/aromatic N) is 4. The highest BCUT2D eigenvalue weighted by atomic mass is 32.2. The summed E-state index contributed by atoms with van der Waals surface area (Å²) in [6, 6.07) is 14.1. The summed E-state index contributed by atoms with van der Waals surface area (Å²) < 4.78 is 1.82. The van der Waals surface area contributed by atoms with Crippen molar-refractivity contribution in [1.82, 2.24) is 25.4 Å². The molecule has 0 fully saturated rings. The van der Waals surface area contributed by atoms with Gasteiger partial charge in [0.15, 0.2) is 11.0 Å². The van der Waals surface area contributed by atoms with E-state index in [2.05, 4.69) is 39.9 Å². The minimum Gasteiger partial charge on any atom is -0.338 e. The Kier molecular flexibility index (Phi) is 8.20. The zero-order chi connectivity index (χ0) is 22.9. The highest BCUT2D eigenvalue weighted by Crippen LogP contribution is 2.26. The van der Waals surface area contributed by atoms with Gasteiger partial charge in [-0.3, -0.25) is 14.7 Å². The van der Waals surface area contributed by atoms with Crippen molar-refractivity contribution in [3.63, 3.8) is 0 Å². The summed E-state index contributed by atoms with van der Waals surface area (Å²) in [6.07, 6.45) is 1.91. The van der Waals surface area contributed by atoms with Crippen LogP contribution in [-0.4, -0.2) is 32.3 Å². The van der Waals surface area contributed by atoms with Gasteiger partial charge in [0.2, 0.25) is 0 Å². The van der Waals surface area contributed by atoms with Gasteiger partial charge in [0, 0.05) is 30.1 Å². The molecular weight excluding hydrogens is 428 g/mol. The largest absolute Gasteiger partial charge is 0.338 e. The SMILES string of the molecule is CCCCNC(=O)NCc1nnc(SCc2cccc(C)c2)n1-c1ccc([N+](=O)[O-])cc1. The summed E-state index contributed by atoms with van der Waals surface area (Å²) in [6.45, 7) is 4.88. The van der Waals surface area contributed by atoms with Gasteiger partial charge < -0.3 is 10.6 Å². The van der Waals surface area contributed by atoms with Gasteiger partial charge in [0.25, 0.3) is 5.69 Å². The number of nitro groups is 1. The summed E-state index contributed by atoms with van der Waals surface area (Å²) in [5.74, 6) is 1.23.